The second kappa shape index (κ2) is 9.89. The Labute approximate surface area is 191 Å². The second-order valence-electron chi connectivity index (χ2n) is 8.25. The van der Waals surface area contributed by atoms with E-state index in [1.54, 1.807) is 11.3 Å². The fourth-order valence-corrected chi connectivity index (χ4v) is 5.24. The third-order valence-electron chi connectivity index (χ3n) is 6.02. The third-order valence-corrected chi connectivity index (χ3v) is 7.05. The van der Waals surface area contributed by atoms with Crippen LogP contribution < -0.4 is 5.32 Å². The Hall–Kier alpha value is -2.62. The van der Waals surface area contributed by atoms with Crippen molar-refractivity contribution in [1.29, 1.82) is 0 Å². The van der Waals surface area contributed by atoms with Crippen molar-refractivity contribution in [2.45, 2.75) is 44.9 Å². The van der Waals surface area contributed by atoms with Gasteiger partial charge in [0.25, 0.3) is 0 Å². The third kappa shape index (κ3) is 4.90. The molecule has 3 aromatic rings. The molecule has 1 aromatic carbocycles. The average molecular weight is 453 g/mol. The van der Waals surface area contributed by atoms with E-state index in [9.17, 15) is 4.79 Å². The summed E-state index contributed by atoms with van der Waals surface area (Å²) >= 11 is 1.76. The van der Waals surface area contributed by atoms with Gasteiger partial charge in [0, 0.05) is 68.8 Å². The first-order valence-corrected chi connectivity index (χ1v) is 12.1. The predicted molar refractivity (Wildman–Crippen MR) is 122 cm³/mol. The van der Waals surface area contributed by atoms with E-state index in [4.69, 9.17) is 4.74 Å². The minimum atomic E-state index is -0.284. The van der Waals surface area contributed by atoms with Crippen LogP contribution in [0, 0.1) is 0 Å². The van der Waals surface area contributed by atoms with Gasteiger partial charge in [0.05, 0.1) is 0 Å². The van der Waals surface area contributed by atoms with Gasteiger partial charge in [-0.3, -0.25) is 9.69 Å². The molecule has 0 aliphatic carbocycles. The summed E-state index contributed by atoms with van der Waals surface area (Å²) in [5.74, 6) is 1.96. The lowest BCUT2D eigenvalue weighted by Crippen LogP contribution is -2.35. The standard InChI is InChI=1S/C23H28N6O2S/c30-22(19-7-4-14-31-19)24-10-8-20-26-27-21-9-11-28(12-13-29(20)21)16-18-15-25-23(32-18)17-5-2-1-3-6-17/h1-3,5-6,15,19H,4,7-14,16H2,(H,24,30). The molecule has 168 valence electrons. The van der Waals surface area contributed by atoms with Crippen molar-refractivity contribution in [3.05, 3.63) is 53.1 Å². The summed E-state index contributed by atoms with van der Waals surface area (Å²) in [6.45, 7) is 4.90. The van der Waals surface area contributed by atoms with Gasteiger partial charge in [0.1, 0.15) is 22.8 Å². The summed E-state index contributed by atoms with van der Waals surface area (Å²) in [6, 6.07) is 10.3. The van der Waals surface area contributed by atoms with E-state index in [0.29, 0.717) is 19.6 Å². The predicted octanol–water partition coefficient (Wildman–Crippen LogP) is 2.30. The van der Waals surface area contributed by atoms with Crippen LogP contribution in [0.15, 0.2) is 36.5 Å². The molecule has 1 atom stereocenters. The molecule has 32 heavy (non-hydrogen) atoms. The van der Waals surface area contributed by atoms with Crippen LogP contribution in [-0.4, -0.2) is 62.9 Å². The number of nitrogens with zero attached hydrogens (tertiary/aromatic N) is 5. The van der Waals surface area contributed by atoms with E-state index in [-0.39, 0.29) is 12.0 Å². The zero-order valence-corrected chi connectivity index (χ0v) is 18.9. The van der Waals surface area contributed by atoms with E-state index in [2.05, 4.69) is 42.1 Å². The molecular weight excluding hydrogens is 424 g/mol. The molecule has 0 radical (unpaired) electrons. The van der Waals surface area contributed by atoms with E-state index in [1.807, 2.05) is 24.4 Å². The number of nitrogens with one attached hydrogen (secondary N) is 1. The van der Waals surface area contributed by atoms with Crippen molar-refractivity contribution >= 4 is 17.2 Å². The van der Waals surface area contributed by atoms with Gasteiger partial charge >= 0.3 is 0 Å². The number of ether oxygens (including phenoxy) is 1. The van der Waals surface area contributed by atoms with Gasteiger partial charge in [0.2, 0.25) is 5.91 Å². The van der Waals surface area contributed by atoms with Crippen LogP contribution in [-0.2, 0) is 35.5 Å². The smallest absolute Gasteiger partial charge is 0.249 e. The Bertz CT molecular complexity index is 1040. The monoisotopic (exact) mass is 452 g/mol. The maximum Gasteiger partial charge on any atom is 0.249 e. The lowest BCUT2D eigenvalue weighted by Gasteiger charge is -2.18. The molecule has 0 bridgehead atoms. The fourth-order valence-electron chi connectivity index (χ4n) is 4.28. The van der Waals surface area contributed by atoms with E-state index in [1.165, 1.54) is 10.4 Å². The molecule has 0 spiro atoms. The highest BCUT2D eigenvalue weighted by atomic mass is 32.1. The van der Waals surface area contributed by atoms with E-state index < -0.39 is 0 Å². The molecule has 1 amide bonds. The van der Waals surface area contributed by atoms with Crippen LogP contribution in [0.25, 0.3) is 10.6 Å². The molecule has 1 fully saturated rings. The molecule has 2 aliphatic rings. The van der Waals surface area contributed by atoms with Crippen LogP contribution in [0.2, 0.25) is 0 Å². The van der Waals surface area contributed by atoms with Gasteiger partial charge in [-0.05, 0) is 12.8 Å². The molecule has 8 nitrogen and oxygen atoms in total. The molecule has 1 saturated heterocycles. The molecule has 2 aliphatic heterocycles. The molecule has 2 aromatic heterocycles. The Balaban J connectivity index is 1.14. The zero-order valence-electron chi connectivity index (χ0n) is 18.1. The van der Waals surface area contributed by atoms with Crippen molar-refractivity contribution < 1.29 is 9.53 Å². The molecule has 4 heterocycles. The van der Waals surface area contributed by atoms with Crippen LogP contribution in [0.3, 0.4) is 0 Å². The summed E-state index contributed by atoms with van der Waals surface area (Å²) < 4.78 is 7.66. The Morgan fingerprint density at radius 2 is 2.09 bits per heavy atom. The van der Waals surface area contributed by atoms with Gasteiger partial charge < -0.3 is 14.6 Å². The molecule has 1 unspecified atom stereocenters. The first-order chi connectivity index (χ1) is 15.8. The number of hydrogen-bond acceptors (Lipinski definition) is 7. The summed E-state index contributed by atoms with van der Waals surface area (Å²) in [4.78, 5) is 20.5. The van der Waals surface area contributed by atoms with Gasteiger partial charge in [0.15, 0.2) is 0 Å². The normalized spacial score (nSPS) is 18.9. The topological polar surface area (TPSA) is 85.2 Å². The van der Waals surface area contributed by atoms with Crippen molar-refractivity contribution in [3.63, 3.8) is 0 Å². The lowest BCUT2D eigenvalue weighted by atomic mass is 10.2. The van der Waals surface area contributed by atoms with Crippen LogP contribution in [0.4, 0.5) is 0 Å². The Morgan fingerprint density at radius 3 is 2.94 bits per heavy atom. The number of rotatable bonds is 7. The average Bonchev–Trinajstić information content (AvgIpc) is 3.56. The van der Waals surface area contributed by atoms with Crippen molar-refractivity contribution in [3.8, 4) is 10.6 Å². The number of fused-ring (bicyclic) bond motifs is 1. The number of aromatic nitrogens is 4. The summed E-state index contributed by atoms with van der Waals surface area (Å²) in [5, 5.41) is 12.9. The second-order valence-corrected chi connectivity index (χ2v) is 9.37. The molecular formula is C23H28N6O2S. The van der Waals surface area contributed by atoms with Crippen LogP contribution in [0.1, 0.15) is 29.4 Å². The first kappa shape index (κ1) is 21.2. The number of thiazole rings is 1. The van der Waals surface area contributed by atoms with Crippen molar-refractivity contribution in [2.75, 3.05) is 26.2 Å². The quantitative estimate of drug-likeness (QED) is 0.592. The van der Waals surface area contributed by atoms with Crippen LogP contribution in [0.5, 0.6) is 0 Å². The zero-order chi connectivity index (χ0) is 21.8. The van der Waals surface area contributed by atoms with Gasteiger partial charge in [-0.25, -0.2) is 4.98 Å². The maximum absolute atomic E-state index is 12.1. The number of carbonyl (C=O) groups is 1. The molecule has 0 saturated carbocycles. The Kier molecular flexibility index (Phi) is 6.56. The number of amides is 1. The number of carbonyl (C=O) groups excluding carboxylic acids is 1. The summed E-state index contributed by atoms with van der Waals surface area (Å²) in [5.41, 5.74) is 1.17. The van der Waals surface area contributed by atoms with Gasteiger partial charge in [-0.1, -0.05) is 30.3 Å². The lowest BCUT2D eigenvalue weighted by molar-refractivity contribution is -0.130. The SMILES string of the molecule is O=C(NCCc1nnc2n1CCN(Cc1cnc(-c3ccccc3)s1)CC2)C1CCCO1. The molecule has 5 rings (SSSR count). The number of benzene rings is 1. The molecule has 1 N–H and O–H groups in total. The summed E-state index contributed by atoms with van der Waals surface area (Å²) in [7, 11) is 0. The summed E-state index contributed by atoms with van der Waals surface area (Å²) in [6.07, 6.45) is 5.05. The maximum atomic E-state index is 12.1. The fraction of sp³-hybridized carbons (Fsp3) is 0.478. The highest BCUT2D eigenvalue weighted by Gasteiger charge is 2.24. The van der Waals surface area contributed by atoms with E-state index >= 15 is 0 Å². The minimum Gasteiger partial charge on any atom is -0.368 e. The van der Waals surface area contributed by atoms with Crippen molar-refractivity contribution in [1.82, 2.24) is 30.0 Å². The highest BCUT2D eigenvalue weighted by Crippen LogP contribution is 2.26. The largest absolute Gasteiger partial charge is 0.368 e. The minimum absolute atomic E-state index is 0.0105. The Morgan fingerprint density at radius 1 is 1.19 bits per heavy atom. The van der Waals surface area contributed by atoms with Gasteiger partial charge in [-0.15, -0.1) is 21.5 Å². The van der Waals surface area contributed by atoms with Crippen LogP contribution >= 0.6 is 11.3 Å². The molecule has 9 heteroatoms. The highest BCUT2D eigenvalue weighted by molar-refractivity contribution is 7.15. The van der Waals surface area contributed by atoms with Crippen molar-refractivity contribution in [2.24, 2.45) is 0 Å². The van der Waals surface area contributed by atoms with Gasteiger partial charge in [-0.2, -0.15) is 0 Å². The van der Waals surface area contributed by atoms with E-state index in [0.717, 1.165) is 62.1 Å². The number of hydrogen-bond donors (Lipinski definition) is 1. The first-order valence-electron chi connectivity index (χ1n) is 11.3.